The third-order valence-corrected chi connectivity index (χ3v) is 9.76. The molecule has 0 radical (unpaired) electrons. The summed E-state index contributed by atoms with van der Waals surface area (Å²) in [6.45, 7) is 5.00. The van der Waals surface area contributed by atoms with Crippen LogP contribution in [0.1, 0.15) is 19.5 Å². The Hall–Kier alpha value is -2.53. The summed E-state index contributed by atoms with van der Waals surface area (Å²) in [5, 5.41) is -0.0192. The number of nitrogens with two attached hydrogens (primary N) is 1. The van der Waals surface area contributed by atoms with E-state index in [9.17, 15) is 21.2 Å². The van der Waals surface area contributed by atoms with Crippen LogP contribution in [-0.2, 0) is 26.4 Å². The number of hydrogen-bond donors (Lipinski definition) is 1. The molecular weight excluding hydrogens is 477 g/mol. The van der Waals surface area contributed by atoms with Crippen molar-refractivity contribution >= 4 is 30.8 Å². The van der Waals surface area contributed by atoms with Gasteiger partial charge in [0.25, 0.3) is 0 Å². The highest BCUT2D eigenvalue weighted by Crippen LogP contribution is 2.38. The third-order valence-electron chi connectivity index (χ3n) is 5.79. The molecule has 3 rings (SSSR count). The summed E-state index contributed by atoms with van der Waals surface area (Å²) in [6, 6.07) is 11.2. The Balaban J connectivity index is 2.37. The molecule has 184 valence electrons. The van der Waals surface area contributed by atoms with Gasteiger partial charge >= 0.3 is 0 Å². The Morgan fingerprint density at radius 1 is 1.09 bits per heavy atom. The maximum atomic E-state index is 14.5. The first-order valence-corrected chi connectivity index (χ1v) is 13.7. The van der Waals surface area contributed by atoms with E-state index in [-0.39, 0.29) is 22.9 Å². The second kappa shape index (κ2) is 9.61. The second-order valence-electron chi connectivity index (χ2n) is 8.52. The van der Waals surface area contributed by atoms with E-state index in [1.807, 2.05) is 0 Å². The van der Waals surface area contributed by atoms with Gasteiger partial charge in [0.1, 0.15) is 5.83 Å². The lowest BCUT2D eigenvalue weighted by molar-refractivity contribution is 0.521. The highest BCUT2D eigenvalue weighted by atomic mass is 32.2. The first kappa shape index (κ1) is 26.1. The van der Waals surface area contributed by atoms with E-state index in [0.29, 0.717) is 27.7 Å². The minimum Gasteiger partial charge on any atom is -0.337 e. The predicted octanol–water partition coefficient (Wildman–Crippen LogP) is 3.86. The topological polar surface area (TPSA) is 102 Å². The molecule has 1 aromatic heterocycles. The number of aromatic nitrogens is 1. The Bertz CT molecular complexity index is 1470. The van der Waals surface area contributed by atoms with Crippen molar-refractivity contribution in [3.63, 3.8) is 0 Å². The van der Waals surface area contributed by atoms with Gasteiger partial charge in [0, 0.05) is 42.8 Å². The average molecular weight is 508 g/mol. The van der Waals surface area contributed by atoms with Gasteiger partial charge in [-0.25, -0.2) is 25.5 Å². The molecule has 0 saturated carbocycles. The van der Waals surface area contributed by atoms with Gasteiger partial charge in [-0.2, -0.15) is 0 Å². The fraction of sp³-hybridized carbons (Fsp3) is 0.333. The molecule has 7 nitrogen and oxygen atoms in total. The van der Waals surface area contributed by atoms with Gasteiger partial charge in [0.05, 0.1) is 21.6 Å². The van der Waals surface area contributed by atoms with Crippen LogP contribution in [0.5, 0.6) is 0 Å². The van der Waals surface area contributed by atoms with Crippen molar-refractivity contribution in [2.75, 3.05) is 20.6 Å². The normalized spacial score (nSPS) is 13.4. The van der Waals surface area contributed by atoms with Crippen molar-refractivity contribution in [2.24, 2.45) is 5.73 Å². The fourth-order valence-electron chi connectivity index (χ4n) is 3.84. The number of sulfonamides is 1. The van der Waals surface area contributed by atoms with E-state index in [1.165, 1.54) is 32.3 Å². The quantitative estimate of drug-likeness (QED) is 0.499. The maximum Gasteiger partial charge on any atom is 0.242 e. The van der Waals surface area contributed by atoms with E-state index >= 15 is 0 Å². The van der Waals surface area contributed by atoms with Gasteiger partial charge in [-0.15, -0.1) is 0 Å². The molecule has 2 aromatic carbocycles. The highest BCUT2D eigenvalue weighted by Gasteiger charge is 2.24. The first-order valence-electron chi connectivity index (χ1n) is 10.8. The second-order valence-corrected chi connectivity index (χ2v) is 13.2. The Morgan fingerprint density at radius 3 is 2.35 bits per heavy atom. The van der Waals surface area contributed by atoms with E-state index in [1.54, 1.807) is 55.7 Å². The van der Waals surface area contributed by atoms with Crippen LogP contribution < -0.4 is 5.73 Å². The molecule has 0 spiro atoms. The smallest absolute Gasteiger partial charge is 0.242 e. The van der Waals surface area contributed by atoms with Crippen molar-refractivity contribution in [3.8, 4) is 11.1 Å². The molecule has 1 heterocycles. The molecule has 0 atom stereocenters. The molecule has 0 bridgehead atoms. The zero-order chi connectivity index (χ0) is 25.4. The number of fused-ring (bicyclic) bond motifs is 1. The van der Waals surface area contributed by atoms with E-state index in [4.69, 9.17) is 5.73 Å². The van der Waals surface area contributed by atoms with Gasteiger partial charge in [0.15, 0.2) is 9.84 Å². The predicted molar refractivity (Wildman–Crippen MR) is 134 cm³/mol. The molecular formula is C24H30FN3O4S2. The van der Waals surface area contributed by atoms with Crippen LogP contribution >= 0.6 is 0 Å². The summed E-state index contributed by atoms with van der Waals surface area (Å²) in [5.41, 5.74) is 8.00. The minimum atomic E-state index is -3.69. The molecule has 2 N–H and O–H groups in total. The van der Waals surface area contributed by atoms with Gasteiger partial charge in [-0.05, 0) is 62.7 Å². The number of hydrogen-bond acceptors (Lipinski definition) is 5. The van der Waals surface area contributed by atoms with Gasteiger partial charge in [-0.3, -0.25) is 0 Å². The number of rotatable bonds is 8. The molecule has 0 saturated heterocycles. The lowest BCUT2D eigenvalue weighted by atomic mass is 10.0. The molecule has 0 aliphatic rings. The lowest BCUT2D eigenvalue weighted by Crippen LogP contribution is -2.22. The summed E-state index contributed by atoms with van der Waals surface area (Å²) >= 11 is 0. The minimum absolute atomic E-state index is 0.0537. The molecule has 0 fully saturated rings. The van der Waals surface area contributed by atoms with Crippen LogP contribution in [0.15, 0.2) is 64.2 Å². The zero-order valence-corrected chi connectivity index (χ0v) is 21.5. The molecule has 34 heavy (non-hydrogen) atoms. The van der Waals surface area contributed by atoms with Gasteiger partial charge in [-0.1, -0.05) is 12.1 Å². The Kier molecular flexibility index (Phi) is 7.37. The van der Waals surface area contributed by atoms with E-state index < -0.39 is 30.9 Å². The lowest BCUT2D eigenvalue weighted by Gasteiger charge is -2.13. The number of halogens is 1. The average Bonchev–Trinajstić information content (AvgIpc) is 3.04. The monoisotopic (exact) mass is 507 g/mol. The third kappa shape index (κ3) is 4.68. The van der Waals surface area contributed by atoms with Crippen LogP contribution in [0.25, 0.3) is 22.0 Å². The highest BCUT2D eigenvalue weighted by molar-refractivity contribution is 7.92. The summed E-state index contributed by atoms with van der Waals surface area (Å²) in [5.74, 6) is -0.420. The maximum absolute atomic E-state index is 14.5. The fourth-order valence-corrected chi connectivity index (χ4v) is 5.88. The van der Waals surface area contributed by atoms with Crippen LogP contribution in [0.2, 0.25) is 0 Å². The first-order chi connectivity index (χ1) is 15.8. The van der Waals surface area contributed by atoms with Crippen molar-refractivity contribution < 1.29 is 21.2 Å². The van der Waals surface area contributed by atoms with Crippen LogP contribution in [0, 0.1) is 6.92 Å². The van der Waals surface area contributed by atoms with Crippen molar-refractivity contribution in [1.82, 2.24) is 8.87 Å². The van der Waals surface area contributed by atoms with Crippen molar-refractivity contribution in [3.05, 3.63) is 60.1 Å². The van der Waals surface area contributed by atoms with Crippen molar-refractivity contribution in [1.29, 1.82) is 0 Å². The number of nitrogens with zero attached hydrogens (tertiary/aromatic N) is 2. The van der Waals surface area contributed by atoms with E-state index in [0.717, 1.165) is 4.31 Å². The zero-order valence-electron chi connectivity index (χ0n) is 19.9. The van der Waals surface area contributed by atoms with E-state index in [2.05, 4.69) is 0 Å². The van der Waals surface area contributed by atoms with Crippen LogP contribution in [0.4, 0.5) is 4.39 Å². The summed E-state index contributed by atoms with van der Waals surface area (Å²) in [4.78, 5) is 0.263. The number of benzene rings is 2. The van der Waals surface area contributed by atoms with Crippen molar-refractivity contribution in [2.45, 2.75) is 42.4 Å². The van der Waals surface area contributed by atoms with Gasteiger partial charge in [0.2, 0.25) is 10.0 Å². The summed E-state index contributed by atoms with van der Waals surface area (Å²) < 4.78 is 68.5. The molecule has 0 aliphatic carbocycles. The molecule has 10 heteroatoms. The number of sulfone groups is 1. The SMILES string of the molecule is Cc1c(-c2cccc(S(=O)(=O)N(C)C)c2)c2cc(S(=O)(=O)C(C)C)ccc2n1C/C(F)=C/CN. The standard InChI is InChI=1S/C24H30FN3O4S2/c1-16(2)33(29,30)20-9-10-23-22(14-20)24(17(3)28(23)15-19(25)11-12-26)18-7-6-8-21(13-18)34(31,32)27(4)5/h6-11,13-14,16H,12,15,26H2,1-5H3/b19-11-. The number of allylic oxidation sites excluding steroid dienone is 1. The van der Waals surface area contributed by atoms with Crippen LogP contribution in [0.3, 0.4) is 0 Å². The molecule has 0 aliphatic heterocycles. The molecule has 3 aromatic rings. The van der Waals surface area contributed by atoms with Crippen LogP contribution in [-0.4, -0.2) is 51.6 Å². The Labute approximate surface area is 200 Å². The molecule has 0 unspecified atom stereocenters. The molecule has 0 amide bonds. The largest absolute Gasteiger partial charge is 0.337 e. The van der Waals surface area contributed by atoms with Gasteiger partial charge < -0.3 is 10.3 Å². The summed E-state index contributed by atoms with van der Waals surface area (Å²) in [7, 11) is -4.34. The Morgan fingerprint density at radius 2 is 1.76 bits per heavy atom. The summed E-state index contributed by atoms with van der Waals surface area (Å²) in [6.07, 6.45) is 1.28.